The Balaban J connectivity index is 2.37. The van der Waals surface area contributed by atoms with E-state index in [1.807, 2.05) is 6.08 Å². The zero-order chi connectivity index (χ0) is 16.7. The van der Waals surface area contributed by atoms with Gasteiger partial charge in [-0.05, 0) is 30.5 Å². The number of ether oxygens (including phenoxy) is 3. The third kappa shape index (κ3) is 4.18. The standard InChI is InChI=1S/C18H28N2O3/c1-5-6-7-15(20-10-8-19-9-11-20)14-12-16(21-2)18(23-4)17(13-14)22-3/h5,12-13,15,19H,1,6-11H2,2-4H3/t15-/m1/s1. The summed E-state index contributed by atoms with van der Waals surface area (Å²) in [4.78, 5) is 2.51. The summed E-state index contributed by atoms with van der Waals surface area (Å²) in [7, 11) is 4.95. The molecule has 0 amide bonds. The van der Waals surface area contributed by atoms with Gasteiger partial charge >= 0.3 is 0 Å². The molecule has 128 valence electrons. The van der Waals surface area contributed by atoms with E-state index in [9.17, 15) is 0 Å². The molecule has 1 atom stereocenters. The maximum Gasteiger partial charge on any atom is 0.203 e. The molecule has 5 heteroatoms. The van der Waals surface area contributed by atoms with Gasteiger partial charge in [-0.15, -0.1) is 6.58 Å². The highest BCUT2D eigenvalue weighted by molar-refractivity contribution is 5.54. The molecule has 5 nitrogen and oxygen atoms in total. The predicted molar refractivity (Wildman–Crippen MR) is 92.7 cm³/mol. The minimum absolute atomic E-state index is 0.323. The topological polar surface area (TPSA) is 43.0 Å². The van der Waals surface area contributed by atoms with Crippen molar-refractivity contribution >= 4 is 0 Å². The number of rotatable bonds is 8. The van der Waals surface area contributed by atoms with Crippen molar-refractivity contribution in [3.63, 3.8) is 0 Å². The van der Waals surface area contributed by atoms with E-state index in [-0.39, 0.29) is 0 Å². The molecule has 2 rings (SSSR count). The van der Waals surface area contributed by atoms with Crippen LogP contribution in [0.2, 0.25) is 0 Å². The number of nitrogens with one attached hydrogen (secondary N) is 1. The third-order valence-corrected chi connectivity index (χ3v) is 4.31. The van der Waals surface area contributed by atoms with Crippen LogP contribution in [0.25, 0.3) is 0 Å². The molecule has 1 heterocycles. The Morgan fingerprint density at radius 3 is 2.22 bits per heavy atom. The van der Waals surface area contributed by atoms with E-state index < -0.39 is 0 Å². The quantitative estimate of drug-likeness (QED) is 0.746. The largest absolute Gasteiger partial charge is 0.493 e. The van der Waals surface area contributed by atoms with Crippen LogP contribution in [-0.4, -0.2) is 52.4 Å². The Labute approximate surface area is 139 Å². The first kappa shape index (κ1) is 17.6. The number of benzene rings is 1. The van der Waals surface area contributed by atoms with Crippen molar-refractivity contribution in [1.29, 1.82) is 0 Å². The van der Waals surface area contributed by atoms with Gasteiger partial charge in [0.1, 0.15) is 0 Å². The highest BCUT2D eigenvalue weighted by atomic mass is 16.5. The molecular weight excluding hydrogens is 292 g/mol. The van der Waals surface area contributed by atoms with E-state index in [1.165, 1.54) is 5.56 Å². The number of hydrogen-bond acceptors (Lipinski definition) is 5. The molecule has 0 aromatic heterocycles. The lowest BCUT2D eigenvalue weighted by atomic mass is 9.98. The molecule has 0 aliphatic carbocycles. The van der Waals surface area contributed by atoms with Gasteiger partial charge < -0.3 is 19.5 Å². The van der Waals surface area contributed by atoms with Crippen molar-refractivity contribution < 1.29 is 14.2 Å². The highest BCUT2D eigenvalue weighted by Gasteiger charge is 2.24. The molecular formula is C18H28N2O3. The van der Waals surface area contributed by atoms with Crippen molar-refractivity contribution in [3.05, 3.63) is 30.4 Å². The molecule has 1 aromatic rings. The first-order valence-electron chi connectivity index (χ1n) is 8.10. The highest BCUT2D eigenvalue weighted by Crippen LogP contribution is 2.41. The molecule has 1 aliphatic rings. The van der Waals surface area contributed by atoms with Gasteiger partial charge in [0, 0.05) is 32.2 Å². The van der Waals surface area contributed by atoms with Gasteiger partial charge in [-0.3, -0.25) is 4.90 Å². The Bertz CT molecular complexity index is 488. The van der Waals surface area contributed by atoms with Gasteiger partial charge in [0.05, 0.1) is 21.3 Å². The Kier molecular flexibility index (Phi) is 6.74. The fraction of sp³-hybridized carbons (Fsp3) is 0.556. The lowest BCUT2D eigenvalue weighted by Gasteiger charge is -2.35. The summed E-state index contributed by atoms with van der Waals surface area (Å²) in [6.07, 6.45) is 3.99. The molecule has 0 saturated carbocycles. The fourth-order valence-corrected chi connectivity index (χ4v) is 3.12. The van der Waals surface area contributed by atoms with Crippen LogP contribution in [0, 0.1) is 0 Å². The maximum atomic E-state index is 5.51. The predicted octanol–water partition coefficient (Wildman–Crippen LogP) is 2.62. The Hall–Kier alpha value is -1.72. The molecule has 1 aliphatic heterocycles. The summed E-state index contributed by atoms with van der Waals surface area (Å²) < 4.78 is 16.4. The number of allylic oxidation sites excluding steroid dienone is 1. The fourth-order valence-electron chi connectivity index (χ4n) is 3.12. The van der Waals surface area contributed by atoms with Crippen LogP contribution in [0.15, 0.2) is 24.8 Å². The molecule has 23 heavy (non-hydrogen) atoms. The van der Waals surface area contributed by atoms with Gasteiger partial charge in [0.15, 0.2) is 11.5 Å². The molecule has 0 unspecified atom stereocenters. The van der Waals surface area contributed by atoms with Crippen molar-refractivity contribution in [1.82, 2.24) is 10.2 Å². The van der Waals surface area contributed by atoms with Crippen LogP contribution in [-0.2, 0) is 0 Å². The smallest absolute Gasteiger partial charge is 0.203 e. The lowest BCUT2D eigenvalue weighted by Crippen LogP contribution is -2.45. The normalized spacial score (nSPS) is 16.7. The summed E-state index contributed by atoms with van der Waals surface area (Å²) >= 11 is 0. The van der Waals surface area contributed by atoms with Crippen LogP contribution < -0.4 is 19.5 Å². The summed E-state index contributed by atoms with van der Waals surface area (Å²) in [5.74, 6) is 2.06. The molecule has 0 bridgehead atoms. The van der Waals surface area contributed by atoms with Gasteiger partial charge in [0.25, 0.3) is 0 Å². The minimum Gasteiger partial charge on any atom is -0.493 e. The maximum absolute atomic E-state index is 5.51. The lowest BCUT2D eigenvalue weighted by molar-refractivity contribution is 0.165. The Morgan fingerprint density at radius 1 is 1.13 bits per heavy atom. The average Bonchev–Trinajstić information content (AvgIpc) is 2.61. The third-order valence-electron chi connectivity index (χ3n) is 4.31. The summed E-state index contributed by atoms with van der Waals surface area (Å²) in [6, 6.07) is 4.46. The van der Waals surface area contributed by atoms with E-state index in [1.54, 1.807) is 21.3 Å². The van der Waals surface area contributed by atoms with Crippen molar-refractivity contribution in [3.8, 4) is 17.2 Å². The van der Waals surface area contributed by atoms with Crippen molar-refractivity contribution in [2.75, 3.05) is 47.5 Å². The number of piperazine rings is 1. The van der Waals surface area contributed by atoms with E-state index in [4.69, 9.17) is 14.2 Å². The van der Waals surface area contributed by atoms with Crippen LogP contribution in [0.3, 0.4) is 0 Å². The van der Waals surface area contributed by atoms with Gasteiger partial charge in [-0.2, -0.15) is 0 Å². The first-order valence-corrected chi connectivity index (χ1v) is 8.10. The number of nitrogens with zero attached hydrogens (tertiary/aromatic N) is 1. The summed E-state index contributed by atoms with van der Waals surface area (Å²) in [6.45, 7) is 7.99. The van der Waals surface area contributed by atoms with Crippen LogP contribution in [0.5, 0.6) is 17.2 Å². The van der Waals surface area contributed by atoms with Gasteiger partial charge in [-0.25, -0.2) is 0 Å². The van der Waals surface area contributed by atoms with Crippen LogP contribution >= 0.6 is 0 Å². The van der Waals surface area contributed by atoms with Gasteiger partial charge in [-0.1, -0.05) is 6.08 Å². The van der Waals surface area contributed by atoms with Crippen LogP contribution in [0.4, 0.5) is 0 Å². The van der Waals surface area contributed by atoms with Crippen molar-refractivity contribution in [2.24, 2.45) is 0 Å². The molecule has 0 spiro atoms. The summed E-state index contributed by atoms with van der Waals surface area (Å²) in [5.41, 5.74) is 1.20. The second kappa shape index (κ2) is 8.79. The average molecular weight is 320 g/mol. The van der Waals surface area contributed by atoms with Crippen molar-refractivity contribution in [2.45, 2.75) is 18.9 Å². The molecule has 1 saturated heterocycles. The number of hydrogen-bond donors (Lipinski definition) is 1. The second-order valence-electron chi connectivity index (χ2n) is 5.63. The second-order valence-corrected chi connectivity index (χ2v) is 5.63. The van der Waals surface area contributed by atoms with E-state index >= 15 is 0 Å². The van der Waals surface area contributed by atoms with E-state index in [2.05, 4.69) is 28.9 Å². The van der Waals surface area contributed by atoms with E-state index in [0.717, 1.165) is 39.0 Å². The first-order chi connectivity index (χ1) is 11.2. The van der Waals surface area contributed by atoms with Gasteiger partial charge in [0.2, 0.25) is 5.75 Å². The monoisotopic (exact) mass is 320 g/mol. The molecule has 1 aromatic carbocycles. The minimum atomic E-state index is 0.323. The summed E-state index contributed by atoms with van der Waals surface area (Å²) in [5, 5.41) is 3.41. The van der Waals surface area contributed by atoms with E-state index in [0.29, 0.717) is 23.3 Å². The Morgan fingerprint density at radius 2 is 1.74 bits per heavy atom. The SMILES string of the molecule is C=CCC[C@H](c1cc(OC)c(OC)c(OC)c1)N1CCNCC1. The molecule has 1 fully saturated rings. The van der Waals surface area contributed by atoms with Crippen LogP contribution in [0.1, 0.15) is 24.4 Å². The molecule has 1 N–H and O–H groups in total. The zero-order valence-electron chi connectivity index (χ0n) is 14.4. The molecule has 0 radical (unpaired) electrons. The zero-order valence-corrected chi connectivity index (χ0v) is 14.4. The number of methoxy groups -OCH3 is 3.